The largest absolute Gasteiger partial charge is 0.483 e. The molecular weight excluding hydrogens is 476 g/mol. The molecule has 0 fully saturated rings. The zero-order valence-corrected chi connectivity index (χ0v) is 20.5. The van der Waals surface area contributed by atoms with E-state index in [0.29, 0.717) is 28.5 Å². The van der Waals surface area contributed by atoms with E-state index < -0.39 is 10.0 Å². The smallest absolute Gasteiger partial charge is 0.262 e. The molecule has 4 aromatic carbocycles. The first kappa shape index (κ1) is 25.0. The van der Waals surface area contributed by atoms with Gasteiger partial charge in [0.2, 0.25) is 10.0 Å². The Morgan fingerprint density at radius 3 is 2.19 bits per heavy atom. The molecule has 0 spiro atoms. The number of aryl methyl sites for hydroxylation is 1. The van der Waals surface area contributed by atoms with E-state index in [1.807, 2.05) is 66.7 Å². The third kappa shape index (κ3) is 6.71. The number of carbonyl (C=O) groups excluding carboxylic acids is 1. The quantitative estimate of drug-likeness (QED) is 0.308. The number of anilines is 1. The van der Waals surface area contributed by atoms with Crippen LogP contribution in [0.5, 0.6) is 17.2 Å². The Labute approximate surface area is 210 Å². The van der Waals surface area contributed by atoms with E-state index >= 15 is 0 Å². The van der Waals surface area contributed by atoms with Gasteiger partial charge < -0.3 is 14.8 Å². The molecule has 36 heavy (non-hydrogen) atoms. The summed E-state index contributed by atoms with van der Waals surface area (Å²) in [6.07, 6.45) is 0. The first-order valence-electron chi connectivity index (χ1n) is 11.3. The van der Waals surface area contributed by atoms with Crippen LogP contribution in [0, 0.1) is 6.92 Å². The predicted molar refractivity (Wildman–Crippen MR) is 139 cm³/mol. The standard InChI is InChI=1S/C28H26N2O5S/c1-21-18-24(36(32,33)29-19-22-10-4-2-5-11-22)16-17-26(21)34-20-28(31)30-25-14-8-9-15-27(25)35-23-12-6-3-7-13-23/h2-18,29H,19-20H2,1H3,(H,30,31). The number of para-hydroxylation sites is 3. The summed E-state index contributed by atoms with van der Waals surface area (Å²) in [7, 11) is -3.70. The van der Waals surface area contributed by atoms with E-state index in [2.05, 4.69) is 10.0 Å². The van der Waals surface area contributed by atoms with Crippen LogP contribution in [0.3, 0.4) is 0 Å². The van der Waals surface area contributed by atoms with Crippen LogP contribution in [0.25, 0.3) is 0 Å². The predicted octanol–water partition coefficient (Wildman–Crippen LogP) is 5.28. The van der Waals surface area contributed by atoms with Gasteiger partial charge in [-0.25, -0.2) is 13.1 Å². The molecule has 0 aliphatic rings. The van der Waals surface area contributed by atoms with Gasteiger partial charge in [0.05, 0.1) is 10.6 Å². The van der Waals surface area contributed by atoms with Crippen LogP contribution in [-0.4, -0.2) is 20.9 Å². The number of carbonyl (C=O) groups is 1. The minimum Gasteiger partial charge on any atom is -0.483 e. The number of amides is 1. The SMILES string of the molecule is Cc1cc(S(=O)(=O)NCc2ccccc2)ccc1OCC(=O)Nc1ccccc1Oc1ccccc1. The van der Waals surface area contributed by atoms with Crippen molar-refractivity contribution in [3.63, 3.8) is 0 Å². The van der Waals surface area contributed by atoms with Crippen LogP contribution in [0.4, 0.5) is 5.69 Å². The number of hydrogen-bond acceptors (Lipinski definition) is 5. The fourth-order valence-electron chi connectivity index (χ4n) is 3.41. The first-order valence-corrected chi connectivity index (χ1v) is 12.8. The zero-order chi connectivity index (χ0) is 25.4. The Hall–Kier alpha value is -4.14. The highest BCUT2D eigenvalue weighted by Gasteiger charge is 2.16. The molecule has 4 aromatic rings. The lowest BCUT2D eigenvalue weighted by molar-refractivity contribution is -0.118. The molecule has 0 bridgehead atoms. The van der Waals surface area contributed by atoms with Crippen LogP contribution >= 0.6 is 0 Å². The molecule has 0 atom stereocenters. The summed E-state index contributed by atoms with van der Waals surface area (Å²) in [5.74, 6) is 1.20. The second-order valence-corrected chi connectivity index (χ2v) is 9.75. The normalized spacial score (nSPS) is 11.0. The maximum Gasteiger partial charge on any atom is 0.262 e. The van der Waals surface area contributed by atoms with E-state index in [-0.39, 0.29) is 24.0 Å². The third-order valence-corrected chi connectivity index (χ3v) is 6.66. The molecule has 0 saturated heterocycles. The van der Waals surface area contributed by atoms with E-state index in [0.717, 1.165) is 5.56 Å². The molecule has 0 radical (unpaired) electrons. The lowest BCUT2D eigenvalue weighted by Gasteiger charge is -2.14. The van der Waals surface area contributed by atoms with E-state index in [1.54, 1.807) is 31.2 Å². The summed E-state index contributed by atoms with van der Waals surface area (Å²) < 4.78 is 39.5. The molecule has 0 aliphatic carbocycles. The molecule has 0 unspecified atom stereocenters. The van der Waals surface area contributed by atoms with Crippen LogP contribution < -0.4 is 19.5 Å². The highest BCUT2D eigenvalue weighted by atomic mass is 32.2. The van der Waals surface area contributed by atoms with Gasteiger partial charge in [-0.15, -0.1) is 0 Å². The first-order chi connectivity index (χ1) is 17.4. The van der Waals surface area contributed by atoms with Gasteiger partial charge in [-0.2, -0.15) is 0 Å². The molecule has 2 N–H and O–H groups in total. The molecule has 7 nitrogen and oxygen atoms in total. The van der Waals surface area contributed by atoms with Gasteiger partial charge in [0.25, 0.3) is 5.91 Å². The van der Waals surface area contributed by atoms with Crippen molar-refractivity contribution in [2.75, 3.05) is 11.9 Å². The second-order valence-electron chi connectivity index (χ2n) is 7.99. The number of nitrogens with one attached hydrogen (secondary N) is 2. The van der Waals surface area contributed by atoms with Crippen molar-refractivity contribution >= 4 is 21.6 Å². The topological polar surface area (TPSA) is 93.7 Å². The summed E-state index contributed by atoms with van der Waals surface area (Å²) in [4.78, 5) is 12.7. The number of ether oxygens (including phenoxy) is 2. The highest BCUT2D eigenvalue weighted by Crippen LogP contribution is 2.29. The van der Waals surface area contributed by atoms with Gasteiger partial charge in [0.15, 0.2) is 12.4 Å². The van der Waals surface area contributed by atoms with Gasteiger partial charge in [-0.1, -0.05) is 60.7 Å². The fraction of sp³-hybridized carbons (Fsp3) is 0.107. The van der Waals surface area contributed by atoms with Crippen LogP contribution in [0.2, 0.25) is 0 Å². The summed E-state index contributed by atoms with van der Waals surface area (Å²) in [6.45, 7) is 1.67. The summed E-state index contributed by atoms with van der Waals surface area (Å²) >= 11 is 0. The van der Waals surface area contributed by atoms with Crippen molar-refractivity contribution in [1.82, 2.24) is 4.72 Å². The van der Waals surface area contributed by atoms with E-state index in [1.165, 1.54) is 12.1 Å². The minimum absolute atomic E-state index is 0.125. The van der Waals surface area contributed by atoms with Crippen LogP contribution in [0.1, 0.15) is 11.1 Å². The molecule has 1 amide bonds. The van der Waals surface area contributed by atoms with Crippen molar-refractivity contribution in [3.8, 4) is 17.2 Å². The Bertz CT molecular complexity index is 1430. The molecule has 184 valence electrons. The van der Waals surface area contributed by atoms with Crippen molar-refractivity contribution in [2.24, 2.45) is 0 Å². The Morgan fingerprint density at radius 1 is 0.806 bits per heavy atom. The molecule has 4 rings (SSSR count). The van der Waals surface area contributed by atoms with E-state index in [4.69, 9.17) is 9.47 Å². The molecule has 0 heterocycles. The minimum atomic E-state index is -3.70. The monoisotopic (exact) mass is 502 g/mol. The second kappa shape index (κ2) is 11.5. The van der Waals surface area contributed by atoms with Crippen molar-refractivity contribution in [1.29, 1.82) is 0 Å². The van der Waals surface area contributed by atoms with Gasteiger partial charge in [0, 0.05) is 6.54 Å². The molecule has 8 heteroatoms. The van der Waals surface area contributed by atoms with Gasteiger partial charge in [0.1, 0.15) is 11.5 Å². The molecule has 0 aliphatic heterocycles. The molecule has 0 saturated carbocycles. The maximum atomic E-state index is 12.7. The molecule has 0 aromatic heterocycles. The molecular formula is C28H26N2O5S. The summed E-state index contributed by atoms with van der Waals surface area (Å²) in [6, 6.07) is 30.2. The Balaban J connectivity index is 1.35. The van der Waals surface area contributed by atoms with E-state index in [9.17, 15) is 13.2 Å². The van der Waals surface area contributed by atoms with Crippen molar-refractivity contribution in [2.45, 2.75) is 18.4 Å². The number of hydrogen-bond donors (Lipinski definition) is 2. The van der Waals surface area contributed by atoms with Gasteiger partial charge >= 0.3 is 0 Å². The average Bonchev–Trinajstić information content (AvgIpc) is 2.89. The average molecular weight is 503 g/mol. The van der Waals surface area contributed by atoms with Crippen LogP contribution in [-0.2, 0) is 21.4 Å². The van der Waals surface area contributed by atoms with Gasteiger partial charge in [-0.05, 0) is 60.5 Å². The maximum absolute atomic E-state index is 12.7. The lowest BCUT2D eigenvalue weighted by atomic mass is 10.2. The number of rotatable bonds is 10. The number of sulfonamides is 1. The number of benzene rings is 4. The summed E-state index contributed by atoms with van der Waals surface area (Å²) in [5, 5.41) is 2.79. The Kier molecular flexibility index (Phi) is 7.99. The Morgan fingerprint density at radius 2 is 1.47 bits per heavy atom. The highest BCUT2D eigenvalue weighted by molar-refractivity contribution is 7.89. The summed E-state index contributed by atoms with van der Waals surface area (Å²) in [5.41, 5.74) is 1.97. The van der Waals surface area contributed by atoms with Crippen LogP contribution in [0.15, 0.2) is 108 Å². The lowest BCUT2D eigenvalue weighted by Crippen LogP contribution is -2.23. The zero-order valence-electron chi connectivity index (χ0n) is 19.7. The third-order valence-electron chi connectivity index (χ3n) is 5.26. The fourth-order valence-corrected chi connectivity index (χ4v) is 4.52. The van der Waals surface area contributed by atoms with Gasteiger partial charge in [-0.3, -0.25) is 4.79 Å². The van der Waals surface area contributed by atoms with Crippen molar-refractivity contribution < 1.29 is 22.7 Å². The van der Waals surface area contributed by atoms with Crippen molar-refractivity contribution in [3.05, 3.63) is 114 Å².